The fourth-order valence-corrected chi connectivity index (χ4v) is 2.56. The van der Waals surface area contributed by atoms with Gasteiger partial charge in [0.1, 0.15) is 5.76 Å². The molecule has 0 radical (unpaired) electrons. The van der Waals surface area contributed by atoms with Crippen molar-refractivity contribution in [2.75, 3.05) is 39.8 Å². The summed E-state index contributed by atoms with van der Waals surface area (Å²) in [6.07, 6.45) is 1.65. The fourth-order valence-electron chi connectivity index (χ4n) is 2.56. The molecule has 1 aliphatic rings. The highest BCUT2D eigenvalue weighted by molar-refractivity contribution is 5.98. The molecule has 0 atom stereocenters. The summed E-state index contributed by atoms with van der Waals surface area (Å²) in [4.78, 5) is 16.8. The third kappa shape index (κ3) is 3.40. The minimum Gasteiger partial charge on any atom is -0.464 e. The molecule has 0 amide bonds. The minimum atomic E-state index is 0.186. The van der Waals surface area contributed by atoms with Crippen LogP contribution in [0.15, 0.2) is 47.1 Å². The zero-order valence-corrected chi connectivity index (χ0v) is 12.3. The number of rotatable bonds is 4. The van der Waals surface area contributed by atoms with Gasteiger partial charge in [-0.2, -0.15) is 0 Å². The molecule has 1 aromatic carbocycles. The van der Waals surface area contributed by atoms with Gasteiger partial charge < -0.3 is 9.32 Å². The summed E-state index contributed by atoms with van der Waals surface area (Å²) in [5.74, 6) is 1.01. The quantitative estimate of drug-likeness (QED) is 0.808. The van der Waals surface area contributed by atoms with Crippen LogP contribution in [0.4, 0.5) is 0 Å². The van der Waals surface area contributed by atoms with Gasteiger partial charge in [-0.05, 0) is 19.2 Å². The van der Waals surface area contributed by atoms with Crippen molar-refractivity contribution in [3.8, 4) is 11.3 Å². The van der Waals surface area contributed by atoms with Crippen LogP contribution in [-0.4, -0.2) is 55.4 Å². The van der Waals surface area contributed by atoms with Crippen LogP contribution in [0.5, 0.6) is 0 Å². The molecule has 0 spiro atoms. The van der Waals surface area contributed by atoms with Gasteiger partial charge in [-0.3, -0.25) is 9.69 Å². The molecule has 0 aliphatic carbocycles. The van der Waals surface area contributed by atoms with E-state index in [9.17, 15) is 4.79 Å². The topological polar surface area (TPSA) is 36.7 Å². The second-order valence-electron chi connectivity index (χ2n) is 5.56. The van der Waals surface area contributed by atoms with Gasteiger partial charge in [0.05, 0.1) is 12.8 Å². The van der Waals surface area contributed by atoms with Crippen molar-refractivity contribution in [3.05, 3.63) is 48.2 Å². The van der Waals surface area contributed by atoms with Gasteiger partial charge in [0.25, 0.3) is 0 Å². The molecule has 0 bridgehead atoms. The Balaban J connectivity index is 1.62. The van der Waals surface area contributed by atoms with Gasteiger partial charge >= 0.3 is 0 Å². The smallest absolute Gasteiger partial charge is 0.176 e. The third-order valence-electron chi connectivity index (χ3n) is 3.98. The van der Waals surface area contributed by atoms with Crippen LogP contribution in [0.1, 0.15) is 10.4 Å². The van der Waals surface area contributed by atoms with Crippen molar-refractivity contribution in [2.45, 2.75) is 0 Å². The molecule has 0 N–H and O–H groups in total. The van der Waals surface area contributed by atoms with Crippen LogP contribution < -0.4 is 0 Å². The van der Waals surface area contributed by atoms with E-state index in [2.05, 4.69) is 16.8 Å². The van der Waals surface area contributed by atoms with Crippen molar-refractivity contribution in [2.24, 2.45) is 0 Å². The summed E-state index contributed by atoms with van der Waals surface area (Å²) in [5.41, 5.74) is 1.76. The Labute approximate surface area is 125 Å². The second-order valence-corrected chi connectivity index (χ2v) is 5.56. The number of nitrogens with zero attached hydrogens (tertiary/aromatic N) is 2. The summed E-state index contributed by atoms with van der Waals surface area (Å²) in [7, 11) is 2.12. The van der Waals surface area contributed by atoms with Crippen LogP contribution in [0, 0.1) is 0 Å². The lowest BCUT2D eigenvalue weighted by Gasteiger charge is -2.31. The molecule has 2 heterocycles. The average Bonchev–Trinajstić information content (AvgIpc) is 3.04. The molecule has 2 aromatic rings. The van der Waals surface area contributed by atoms with Gasteiger partial charge in [0.2, 0.25) is 0 Å². The Morgan fingerprint density at radius 1 is 1.10 bits per heavy atom. The molecule has 3 rings (SSSR count). The lowest BCUT2D eigenvalue weighted by molar-refractivity contribution is 0.0876. The number of piperazine rings is 1. The number of Topliss-reactive ketones (excluding diaryl/α,β-unsaturated/α-hetero) is 1. The van der Waals surface area contributed by atoms with E-state index in [1.54, 1.807) is 6.26 Å². The number of hydrogen-bond acceptors (Lipinski definition) is 4. The van der Waals surface area contributed by atoms with Gasteiger partial charge in [-0.1, -0.05) is 24.3 Å². The molecule has 1 fully saturated rings. The maximum absolute atomic E-state index is 12.3. The molecule has 4 nitrogen and oxygen atoms in total. The maximum atomic E-state index is 12.3. The van der Waals surface area contributed by atoms with E-state index >= 15 is 0 Å². The average molecular weight is 284 g/mol. The van der Waals surface area contributed by atoms with Gasteiger partial charge in [-0.15, -0.1) is 0 Å². The molecular formula is C17H20N2O2. The van der Waals surface area contributed by atoms with Crippen molar-refractivity contribution in [1.82, 2.24) is 9.80 Å². The Bertz CT molecular complexity index is 582. The first-order chi connectivity index (χ1) is 10.2. The van der Waals surface area contributed by atoms with E-state index in [1.807, 2.05) is 36.4 Å². The number of carbonyl (C=O) groups is 1. The number of ketones is 1. The molecule has 21 heavy (non-hydrogen) atoms. The third-order valence-corrected chi connectivity index (χ3v) is 3.98. The van der Waals surface area contributed by atoms with Gasteiger partial charge in [-0.25, -0.2) is 0 Å². The molecule has 1 saturated heterocycles. The number of carbonyl (C=O) groups excluding carboxylic acids is 1. The fraction of sp³-hybridized carbons (Fsp3) is 0.353. The first-order valence-electron chi connectivity index (χ1n) is 7.30. The van der Waals surface area contributed by atoms with Crippen molar-refractivity contribution in [1.29, 1.82) is 0 Å². The SMILES string of the molecule is CN1CCN(CC(=O)c2ccc(-c3ccco3)cc2)CC1. The highest BCUT2D eigenvalue weighted by Crippen LogP contribution is 2.20. The summed E-state index contributed by atoms with van der Waals surface area (Å²) in [6, 6.07) is 11.4. The monoisotopic (exact) mass is 284 g/mol. The number of furan rings is 1. The number of hydrogen-bond donors (Lipinski definition) is 0. The van der Waals surface area contributed by atoms with E-state index in [0.29, 0.717) is 6.54 Å². The lowest BCUT2D eigenvalue weighted by Crippen LogP contribution is -2.46. The lowest BCUT2D eigenvalue weighted by atomic mass is 10.1. The summed E-state index contributed by atoms with van der Waals surface area (Å²) >= 11 is 0. The van der Waals surface area contributed by atoms with E-state index in [-0.39, 0.29) is 5.78 Å². The molecule has 1 aliphatic heterocycles. The second kappa shape index (κ2) is 6.24. The Hall–Kier alpha value is -1.91. The van der Waals surface area contributed by atoms with Crippen molar-refractivity contribution in [3.63, 3.8) is 0 Å². The standard InChI is InChI=1S/C17H20N2O2/c1-18-8-10-19(11-9-18)13-16(20)14-4-6-15(7-5-14)17-3-2-12-21-17/h2-7,12H,8-11,13H2,1H3. The molecule has 0 saturated carbocycles. The van der Waals surface area contributed by atoms with Gasteiger partial charge in [0.15, 0.2) is 5.78 Å². The molecular weight excluding hydrogens is 264 g/mol. The van der Waals surface area contributed by atoms with Crippen LogP contribution in [0.25, 0.3) is 11.3 Å². The van der Waals surface area contributed by atoms with Crippen LogP contribution in [0.2, 0.25) is 0 Å². The van der Waals surface area contributed by atoms with E-state index < -0.39 is 0 Å². The van der Waals surface area contributed by atoms with E-state index in [0.717, 1.165) is 43.1 Å². The maximum Gasteiger partial charge on any atom is 0.176 e. The Morgan fingerprint density at radius 2 is 1.81 bits per heavy atom. The number of likely N-dealkylation sites (N-methyl/N-ethyl adjacent to an activating group) is 1. The highest BCUT2D eigenvalue weighted by atomic mass is 16.3. The molecule has 110 valence electrons. The van der Waals surface area contributed by atoms with Crippen LogP contribution >= 0.6 is 0 Å². The first-order valence-corrected chi connectivity index (χ1v) is 7.30. The highest BCUT2D eigenvalue weighted by Gasteiger charge is 2.17. The molecule has 1 aromatic heterocycles. The van der Waals surface area contributed by atoms with Gasteiger partial charge in [0, 0.05) is 37.3 Å². The van der Waals surface area contributed by atoms with Crippen LogP contribution in [0.3, 0.4) is 0 Å². The Morgan fingerprint density at radius 3 is 2.43 bits per heavy atom. The summed E-state index contributed by atoms with van der Waals surface area (Å²) in [6.45, 7) is 4.50. The minimum absolute atomic E-state index is 0.186. The zero-order valence-electron chi connectivity index (χ0n) is 12.3. The predicted octanol–water partition coefficient (Wildman–Crippen LogP) is 2.38. The molecule has 4 heteroatoms. The largest absolute Gasteiger partial charge is 0.464 e. The van der Waals surface area contributed by atoms with E-state index in [4.69, 9.17) is 4.42 Å². The predicted molar refractivity (Wildman–Crippen MR) is 82.4 cm³/mol. The normalized spacial score (nSPS) is 17.0. The first kappa shape index (κ1) is 14.0. The zero-order chi connectivity index (χ0) is 14.7. The van der Waals surface area contributed by atoms with Crippen molar-refractivity contribution >= 4 is 5.78 Å². The summed E-state index contributed by atoms with van der Waals surface area (Å²) < 4.78 is 5.35. The Kier molecular flexibility index (Phi) is 4.18. The summed E-state index contributed by atoms with van der Waals surface area (Å²) in [5, 5.41) is 0. The van der Waals surface area contributed by atoms with Crippen molar-refractivity contribution < 1.29 is 9.21 Å². The molecule has 0 unspecified atom stereocenters. The van der Waals surface area contributed by atoms with E-state index in [1.165, 1.54) is 0 Å². The van der Waals surface area contributed by atoms with Crippen LogP contribution in [-0.2, 0) is 0 Å². The number of benzene rings is 1.